The van der Waals surface area contributed by atoms with Crippen molar-refractivity contribution in [1.82, 2.24) is 25.0 Å². The number of sulfonamides is 1. The van der Waals surface area contributed by atoms with Crippen LogP contribution in [0.2, 0.25) is 0 Å². The van der Waals surface area contributed by atoms with Gasteiger partial charge in [-0.25, -0.2) is 12.7 Å². The van der Waals surface area contributed by atoms with E-state index in [0.29, 0.717) is 13.1 Å². The van der Waals surface area contributed by atoms with Gasteiger partial charge in [0, 0.05) is 19.6 Å². The molecule has 0 atom stereocenters. The first-order chi connectivity index (χ1) is 8.59. The minimum absolute atomic E-state index is 0.0739. The van der Waals surface area contributed by atoms with Gasteiger partial charge in [0.2, 0.25) is 10.0 Å². The van der Waals surface area contributed by atoms with Crippen LogP contribution in [-0.2, 0) is 10.0 Å². The highest BCUT2D eigenvalue weighted by Crippen LogP contribution is 2.12. The Morgan fingerprint density at radius 3 is 2.78 bits per heavy atom. The van der Waals surface area contributed by atoms with E-state index in [0.717, 1.165) is 12.8 Å². The van der Waals surface area contributed by atoms with Gasteiger partial charge in [-0.3, -0.25) is 4.79 Å². The van der Waals surface area contributed by atoms with Crippen LogP contribution in [0.25, 0.3) is 0 Å². The number of carbonyl (C=O) groups is 1. The molecule has 0 bridgehead atoms. The van der Waals surface area contributed by atoms with Gasteiger partial charge in [-0.2, -0.15) is 15.4 Å². The summed E-state index contributed by atoms with van der Waals surface area (Å²) in [6.45, 7) is 1.24. The lowest BCUT2D eigenvalue weighted by atomic mass is 10.4. The van der Waals surface area contributed by atoms with Gasteiger partial charge < -0.3 is 5.32 Å². The molecule has 1 aromatic rings. The average Bonchev–Trinajstić information content (AvgIpc) is 3.02. The van der Waals surface area contributed by atoms with Crippen LogP contribution in [0.1, 0.15) is 23.3 Å². The highest BCUT2D eigenvalue weighted by Gasteiger charge is 2.24. The third-order valence-electron chi connectivity index (χ3n) is 2.75. The fourth-order valence-corrected chi connectivity index (χ4v) is 3.22. The lowest BCUT2D eigenvalue weighted by molar-refractivity contribution is 0.0951. The van der Waals surface area contributed by atoms with E-state index in [-0.39, 0.29) is 18.0 Å². The Bertz CT molecular complexity index is 492. The maximum absolute atomic E-state index is 11.8. The number of rotatable bonds is 5. The summed E-state index contributed by atoms with van der Waals surface area (Å²) in [6.07, 6.45) is 3.10. The standard InChI is InChI=1S/C9H15N5O3S/c15-9(8-7-11-13-12-8)10-3-6-18(16,17)14-4-1-2-5-14/h7H,1-6H2,(H,10,15)(H,11,12,13). The predicted molar refractivity (Wildman–Crippen MR) is 63.3 cm³/mol. The zero-order valence-electron chi connectivity index (χ0n) is 9.79. The summed E-state index contributed by atoms with van der Waals surface area (Å²) in [7, 11) is -3.25. The summed E-state index contributed by atoms with van der Waals surface area (Å²) >= 11 is 0. The topological polar surface area (TPSA) is 108 Å². The second-order valence-electron chi connectivity index (χ2n) is 4.03. The quantitative estimate of drug-likeness (QED) is 0.712. The number of carbonyl (C=O) groups excluding carboxylic acids is 1. The summed E-state index contributed by atoms with van der Waals surface area (Å²) in [4.78, 5) is 11.5. The number of hydrogen-bond acceptors (Lipinski definition) is 5. The van der Waals surface area contributed by atoms with Crippen LogP contribution in [0.3, 0.4) is 0 Å². The van der Waals surface area contributed by atoms with E-state index in [2.05, 4.69) is 20.7 Å². The SMILES string of the molecule is O=C(NCCS(=O)(=O)N1CCCC1)c1cn[nH]n1. The molecule has 100 valence electrons. The second-order valence-corrected chi connectivity index (χ2v) is 6.12. The zero-order chi connectivity index (χ0) is 13.0. The molecule has 0 aliphatic carbocycles. The monoisotopic (exact) mass is 273 g/mol. The maximum Gasteiger partial charge on any atom is 0.273 e. The van der Waals surface area contributed by atoms with Crippen molar-refractivity contribution >= 4 is 15.9 Å². The third-order valence-corrected chi connectivity index (χ3v) is 4.62. The fourth-order valence-electron chi connectivity index (χ4n) is 1.79. The first-order valence-electron chi connectivity index (χ1n) is 5.71. The summed E-state index contributed by atoms with van der Waals surface area (Å²) in [5, 5.41) is 11.9. The number of aromatic nitrogens is 3. The molecule has 0 saturated carbocycles. The van der Waals surface area contributed by atoms with Gasteiger partial charge in [0.1, 0.15) is 0 Å². The lowest BCUT2D eigenvalue weighted by Gasteiger charge is -2.15. The molecule has 1 saturated heterocycles. The van der Waals surface area contributed by atoms with Crippen LogP contribution in [0.15, 0.2) is 6.20 Å². The first kappa shape index (κ1) is 13.0. The Hall–Kier alpha value is -1.48. The molecular weight excluding hydrogens is 258 g/mol. The Labute approximate surface area is 105 Å². The zero-order valence-corrected chi connectivity index (χ0v) is 10.6. The molecule has 1 aromatic heterocycles. The first-order valence-corrected chi connectivity index (χ1v) is 7.32. The summed E-state index contributed by atoms with van der Waals surface area (Å²) in [6, 6.07) is 0. The molecule has 1 aliphatic rings. The molecule has 2 N–H and O–H groups in total. The second kappa shape index (κ2) is 5.44. The molecule has 18 heavy (non-hydrogen) atoms. The van der Waals surface area contributed by atoms with E-state index in [9.17, 15) is 13.2 Å². The van der Waals surface area contributed by atoms with Crippen LogP contribution < -0.4 is 5.32 Å². The molecule has 1 fully saturated rings. The molecule has 9 heteroatoms. The van der Waals surface area contributed by atoms with Gasteiger partial charge in [0.25, 0.3) is 5.91 Å². The van der Waals surface area contributed by atoms with E-state index in [1.165, 1.54) is 10.5 Å². The van der Waals surface area contributed by atoms with Crippen LogP contribution in [0.4, 0.5) is 0 Å². The van der Waals surface area contributed by atoms with Crippen molar-refractivity contribution in [3.05, 3.63) is 11.9 Å². The van der Waals surface area contributed by atoms with Gasteiger partial charge in [-0.05, 0) is 12.8 Å². The van der Waals surface area contributed by atoms with Gasteiger partial charge in [0.15, 0.2) is 5.69 Å². The number of hydrogen-bond donors (Lipinski definition) is 2. The van der Waals surface area contributed by atoms with E-state index in [1.54, 1.807) is 0 Å². The molecule has 2 rings (SSSR count). The number of amides is 1. The highest BCUT2D eigenvalue weighted by molar-refractivity contribution is 7.89. The van der Waals surface area contributed by atoms with Crippen molar-refractivity contribution in [3.8, 4) is 0 Å². The summed E-state index contributed by atoms with van der Waals surface area (Å²) in [5.74, 6) is -0.517. The van der Waals surface area contributed by atoms with E-state index in [4.69, 9.17) is 0 Å². The van der Waals surface area contributed by atoms with Crippen LogP contribution in [0, 0.1) is 0 Å². The van der Waals surface area contributed by atoms with Crippen LogP contribution in [0.5, 0.6) is 0 Å². The molecule has 8 nitrogen and oxygen atoms in total. The van der Waals surface area contributed by atoms with Crippen LogP contribution >= 0.6 is 0 Å². The van der Waals surface area contributed by atoms with Crippen molar-refractivity contribution < 1.29 is 13.2 Å². The number of nitrogens with one attached hydrogen (secondary N) is 2. The molecule has 1 amide bonds. The molecular formula is C9H15N5O3S. The lowest BCUT2D eigenvalue weighted by Crippen LogP contribution is -2.36. The van der Waals surface area contributed by atoms with Gasteiger partial charge in [-0.1, -0.05) is 0 Å². The number of nitrogens with zero attached hydrogens (tertiary/aromatic N) is 3. The van der Waals surface area contributed by atoms with Crippen molar-refractivity contribution in [1.29, 1.82) is 0 Å². The predicted octanol–water partition coefficient (Wildman–Crippen LogP) is -1.04. The van der Waals surface area contributed by atoms with Gasteiger partial charge in [-0.15, -0.1) is 0 Å². The Kier molecular flexibility index (Phi) is 3.92. The Morgan fingerprint density at radius 2 is 2.17 bits per heavy atom. The number of aromatic amines is 1. The smallest absolute Gasteiger partial charge is 0.273 e. The largest absolute Gasteiger partial charge is 0.350 e. The van der Waals surface area contributed by atoms with E-state index in [1.807, 2.05) is 0 Å². The molecule has 0 spiro atoms. The Balaban J connectivity index is 1.80. The summed E-state index contributed by atoms with van der Waals surface area (Å²) in [5.41, 5.74) is 0.147. The average molecular weight is 273 g/mol. The fraction of sp³-hybridized carbons (Fsp3) is 0.667. The normalized spacial score (nSPS) is 16.9. The van der Waals surface area contributed by atoms with Crippen molar-refractivity contribution in [2.24, 2.45) is 0 Å². The minimum atomic E-state index is -3.25. The third kappa shape index (κ3) is 3.05. The van der Waals surface area contributed by atoms with Crippen molar-refractivity contribution in [2.75, 3.05) is 25.4 Å². The van der Waals surface area contributed by atoms with E-state index < -0.39 is 15.9 Å². The molecule has 0 radical (unpaired) electrons. The summed E-state index contributed by atoms with van der Waals surface area (Å²) < 4.78 is 25.2. The van der Waals surface area contributed by atoms with Crippen molar-refractivity contribution in [2.45, 2.75) is 12.8 Å². The Morgan fingerprint density at radius 1 is 1.44 bits per heavy atom. The highest BCUT2D eigenvalue weighted by atomic mass is 32.2. The molecule has 0 aromatic carbocycles. The van der Waals surface area contributed by atoms with Crippen LogP contribution in [-0.4, -0.2) is 59.4 Å². The molecule has 1 aliphatic heterocycles. The van der Waals surface area contributed by atoms with Crippen molar-refractivity contribution in [3.63, 3.8) is 0 Å². The molecule has 2 heterocycles. The van der Waals surface area contributed by atoms with Gasteiger partial charge >= 0.3 is 0 Å². The molecule has 0 unspecified atom stereocenters. The van der Waals surface area contributed by atoms with E-state index >= 15 is 0 Å². The minimum Gasteiger partial charge on any atom is -0.350 e. The number of H-pyrrole nitrogens is 1. The van der Waals surface area contributed by atoms with Gasteiger partial charge in [0.05, 0.1) is 11.9 Å². The maximum atomic E-state index is 11.8.